The minimum atomic E-state index is 0.667. The Morgan fingerprint density at radius 2 is 1.94 bits per heavy atom. The molecule has 1 heterocycles. The van der Waals surface area contributed by atoms with Gasteiger partial charge in [0.2, 0.25) is 0 Å². The lowest BCUT2D eigenvalue weighted by Gasteiger charge is -2.28. The van der Waals surface area contributed by atoms with Crippen molar-refractivity contribution in [2.24, 2.45) is 0 Å². The van der Waals surface area contributed by atoms with Crippen LogP contribution in [0.3, 0.4) is 0 Å². The molecular formula is C16H26N2. The van der Waals surface area contributed by atoms with Crippen molar-refractivity contribution >= 4 is 0 Å². The quantitative estimate of drug-likeness (QED) is 0.879. The van der Waals surface area contributed by atoms with Gasteiger partial charge in [-0.25, -0.2) is 0 Å². The number of nitrogens with one attached hydrogen (secondary N) is 1. The van der Waals surface area contributed by atoms with Crippen molar-refractivity contribution in [1.29, 1.82) is 0 Å². The molecule has 0 bridgehead atoms. The van der Waals surface area contributed by atoms with Crippen molar-refractivity contribution < 1.29 is 0 Å². The van der Waals surface area contributed by atoms with Crippen LogP contribution in [-0.4, -0.2) is 37.6 Å². The molecule has 0 radical (unpaired) electrons. The molecule has 2 heteroatoms. The number of hydrogen-bond donors (Lipinski definition) is 1. The smallest absolute Gasteiger partial charge is 0.0107 e. The molecule has 1 aromatic rings. The number of nitrogens with zero attached hydrogens (tertiary/aromatic N) is 1. The van der Waals surface area contributed by atoms with Gasteiger partial charge in [0.25, 0.3) is 0 Å². The predicted octanol–water partition coefficient (Wildman–Crippen LogP) is 2.70. The lowest BCUT2D eigenvalue weighted by atomic mass is 9.92. The fraction of sp³-hybridized carbons (Fsp3) is 0.625. The molecule has 0 aliphatic carbocycles. The van der Waals surface area contributed by atoms with E-state index in [2.05, 4.69) is 49.2 Å². The summed E-state index contributed by atoms with van der Waals surface area (Å²) in [6, 6.07) is 6.85. The van der Waals surface area contributed by atoms with Gasteiger partial charge in [-0.3, -0.25) is 0 Å². The summed E-state index contributed by atoms with van der Waals surface area (Å²) in [5.74, 6) is 0.667. The van der Waals surface area contributed by atoms with Crippen LogP contribution in [0.4, 0.5) is 0 Å². The van der Waals surface area contributed by atoms with Crippen molar-refractivity contribution in [3.8, 4) is 0 Å². The summed E-state index contributed by atoms with van der Waals surface area (Å²) in [6.45, 7) is 12.7. The normalized spacial score (nSPS) is 18.8. The van der Waals surface area contributed by atoms with Gasteiger partial charge in [-0.05, 0) is 43.9 Å². The number of hydrogen-bond acceptors (Lipinski definition) is 2. The van der Waals surface area contributed by atoms with E-state index in [0.717, 1.165) is 13.1 Å². The van der Waals surface area contributed by atoms with E-state index in [0.29, 0.717) is 5.92 Å². The largest absolute Gasteiger partial charge is 0.314 e. The monoisotopic (exact) mass is 246 g/mol. The Balaban J connectivity index is 1.88. The van der Waals surface area contributed by atoms with Crippen molar-refractivity contribution in [2.75, 3.05) is 32.7 Å². The Bertz CT molecular complexity index is 381. The van der Waals surface area contributed by atoms with E-state index in [9.17, 15) is 0 Å². The lowest BCUT2D eigenvalue weighted by molar-refractivity contribution is 0.234. The first-order valence-corrected chi connectivity index (χ1v) is 7.17. The van der Waals surface area contributed by atoms with Gasteiger partial charge in [-0.2, -0.15) is 0 Å². The van der Waals surface area contributed by atoms with Gasteiger partial charge in [0.05, 0.1) is 0 Å². The second-order valence-electron chi connectivity index (χ2n) is 5.64. The zero-order valence-electron chi connectivity index (χ0n) is 12.0. The van der Waals surface area contributed by atoms with Crippen LogP contribution < -0.4 is 5.32 Å². The third-order valence-electron chi connectivity index (χ3n) is 4.04. The topological polar surface area (TPSA) is 15.3 Å². The molecule has 18 heavy (non-hydrogen) atoms. The van der Waals surface area contributed by atoms with Crippen LogP contribution in [0.1, 0.15) is 36.0 Å². The van der Waals surface area contributed by atoms with Crippen LogP contribution in [0, 0.1) is 13.8 Å². The summed E-state index contributed by atoms with van der Waals surface area (Å²) >= 11 is 0. The van der Waals surface area contributed by atoms with E-state index in [1.165, 1.54) is 42.7 Å². The summed E-state index contributed by atoms with van der Waals surface area (Å²) in [5, 5.41) is 3.41. The van der Waals surface area contributed by atoms with Gasteiger partial charge in [-0.15, -0.1) is 0 Å². The fourth-order valence-electron chi connectivity index (χ4n) is 2.85. The fourth-order valence-corrected chi connectivity index (χ4v) is 2.85. The third kappa shape index (κ3) is 3.56. The molecule has 1 aromatic carbocycles. The zero-order chi connectivity index (χ0) is 13.0. The van der Waals surface area contributed by atoms with Crippen LogP contribution in [-0.2, 0) is 0 Å². The van der Waals surface area contributed by atoms with E-state index in [1.54, 1.807) is 0 Å². The Morgan fingerprint density at radius 3 is 2.61 bits per heavy atom. The molecule has 2 rings (SSSR count). The summed E-state index contributed by atoms with van der Waals surface area (Å²) in [6.07, 6.45) is 1.27. The molecule has 0 aromatic heterocycles. The van der Waals surface area contributed by atoms with Crippen molar-refractivity contribution in [2.45, 2.75) is 33.1 Å². The highest BCUT2D eigenvalue weighted by molar-refractivity contribution is 5.32. The van der Waals surface area contributed by atoms with Gasteiger partial charge in [-0.1, -0.05) is 30.7 Å². The van der Waals surface area contributed by atoms with Crippen molar-refractivity contribution in [1.82, 2.24) is 10.2 Å². The standard InChI is InChI=1S/C16H26N2/c1-13-4-5-16(15(3)12-13)14(2)6-9-18-10-7-17-8-11-18/h4-5,12,14,17H,6-11H2,1-3H3. The molecule has 2 nitrogen and oxygen atoms in total. The number of benzene rings is 1. The zero-order valence-corrected chi connectivity index (χ0v) is 12.0. The summed E-state index contributed by atoms with van der Waals surface area (Å²) in [5.41, 5.74) is 4.34. The molecule has 1 atom stereocenters. The van der Waals surface area contributed by atoms with Crippen LogP contribution in [0.5, 0.6) is 0 Å². The van der Waals surface area contributed by atoms with Crippen molar-refractivity contribution in [3.63, 3.8) is 0 Å². The summed E-state index contributed by atoms with van der Waals surface area (Å²) < 4.78 is 0. The summed E-state index contributed by atoms with van der Waals surface area (Å²) in [7, 11) is 0. The second kappa shape index (κ2) is 6.35. The van der Waals surface area contributed by atoms with E-state index in [-0.39, 0.29) is 0 Å². The molecule has 100 valence electrons. The van der Waals surface area contributed by atoms with Gasteiger partial charge in [0.15, 0.2) is 0 Å². The molecule has 1 saturated heterocycles. The van der Waals surface area contributed by atoms with Crippen molar-refractivity contribution in [3.05, 3.63) is 34.9 Å². The second-order valence-corrected chi connectivity index (χ2v) is 5.64. The van der Waals surface area contributed by atoms with Crippen LogP contribution in [0.2, 0.25) is 0 Å². The Kier molecular flexibility index (Phi) is 4.79. The first-order chi connectivity index (χ1) is 8.66. The molecule has 1 unspecified atom stereocenters. The average molecular weight is 246 g/mol. The number of aryl methyl sites for hydroxylation is 2. The molecule has 1 aliphatic rings. The predicted molar refractivity (Wildman–Crippen MR) is 78.3 cm³/mol. The first kappa shape index (κ1) is 13.6. The maximum Gasteiger partial charge on any atom is 0.0107 e. The SMILES string of the molecule is Cc1ccc(C(C)CCN2CCNCC2)c(C)c1. The Morgan fingerprint density at radius 1 is 1.22 bits per heavy atom. The maximum absolute atomic E-state index is 3.41. The first-order valence-electron chi connectivity index (χ1n) is 7.17. The van der Waals surface area contributed by atoms with E-state index >= 15 is 0 Å². The molecule has 1 N–H and O–H groups in total. The minimum absolute atomic E-state index is 0.667. The molecule has 0 saturated carbocycles. The van der Waals surface area contributed by atoms with E-state index < -0.39 is 0 Å². The van der Waals surface area contributed by atoms with Gasteiger partial charge >= 0.3 is 0 Å². The Hall–Kier alpha value is -0.860. The molecule has 1 aliphatic heterocycles. The van der Waals surface area contributed by atoms with E-state index in [1.807, 2.05) is 0 Å². The molecule has 1 fully saturated rings. The van der Waals surface area contributed by atoms with Crippen LogP contribution in [0.25, 0.3) is 0 Å². The lowest BCUT2D eigenvalue weighted by Crippen LogP contribution is -2.43. The minimum Gasteiger partial charge on any atom is -0.314 e. The van der Waals surface area contributed by atoms with Gasteiger partial charge in [0.1, 0.15) is 0 Å². The van der Waals surface area contributed by atoms with Gasteiger partial charge < -0.3 is 10.2 Å². The highest BCUT2D eigenvalue weighted by Crippen LogP contribution is 2.23. The van der Waals surface area contributed by atoms with Crippen LogP contribution >= 0.6 is 0 Å². The molecule has 0 spiro atoms. The highest BCUT2D eigenvalue weighted by atomic mass is 15.2. The maximum atomic E-state index is 3.41. The average Bonchev–Trinajstić information content (AvgIpc) is 2.37. The highest BCUT2D eigenvalue weighted by Gasteiger charge is 2.13. The Labute approximate surface area is 111 Å². The summed E-state index contributed by atoms with van der Waals surface area (Å²) in [4.78, 5) is 2.58. The molecule has 0 amide bonds. The number of rotatable bonds is 4. The van der Waals surface area contributed by atoms with E-state index in [4.69, 9.17) is 0 Å². The van der Waals surface area contributed by atoms with Crippen LogP contribution in [0.15, 0.2) is 18.2 Å². The van der Waals surface area contributed by atoms with Gasteiger partial charge in [0, 0.05) is 26.2 Å². The molecular weight excluding hydrogens is 220 g/mol. The third-order valence-corrected chi connectivity index (χ3v) is 4.04. The number of piperazine rings is 1.